The van der Waals surface area contributed by atoms with Gasteiger partial charge in [-0.3, -0.25) is 0 Å². The van der Waals surface area contributed by atoms with Crippen LogP contribution in [0.1, 0.15) is 36.9 Å². The summed E-state index contributed by atoms with van der Waals surface area (Å²) < 4.78 is 11.6. The first kappa shape index (κ1) is 10.9. The number of fused-ring (bicyclic) bond motifs is 2. The number of rotatable bonds is 0. The SMILES string of the molecule is CC1COc2cc3c(cc2OC1)[C@H](N)CCC3. The molecule has 1 heterocycles. The molecule has 0 saturated carbocycles. The molecule has 0 spiro atoms. The van der Waals surface area contributed by atoms with Gasteiger partial charge in [0.05, 0.1) is 13.2 Å². The Morgan fingerprint density at radius 3 is 2.65 bits per heavy atom. The fourth-order valence-corrected chi connectivity index (χ4v) is 2.59. The van der Waals surface area contributed by atoms with Crippen molar-refractivity contribution < 1.29 is 9.47 Å². The highest BCUT2D eigenvalue weighted by atomic mass is 16.5. The predicted molar refractivity (Wildman–Crippen MR) is 66.5 cm³/mol. The molecule has 3 rings (SSSR count). The Bertz CT molecular complexity index is 430. The van der Waals surface area contributed by atoms with Crippen LogP contribution in [0, 0.1) is 5.92 Å². The maximum Gasteiger partial charge on any atom is 0.161 e. The van der Waals surface area contributed by atoms with Gasteiger partial charge < -0.3 is 15.2 Å². The third kappa shape index (κ3) is 2.00. The monoisotopic (exact) mass is 233 g/mol. The third-order valence-corrected chi connectivity index (χ3v) is 3.61. The van der Waals surface area contributed by atoms with E-state index in [-0.39, 0.29) is 6.04 Å². The highest BCUT2D eigenvalue weighted by Gasteiger charge is 2.22. The molecule has 0 aromatic heterocycles. The van der Waals surface area contributed by atoms with Crippen molar-refractivity contribution in [2.45, 2.75) is 32.2 Å². The molecule has 3 heteroatoms. The molecule has 92 valence electrons. The quantitative estimate of drug-likeness (QED) is 0.748. The highest BCUT2D eigenvalue weighted by Crippen LogP contribution is 2.38. The minimum Gasteiger partial charge on any atom is -0.489 e. The summed E-state index contributed by atoms with van der Waals surface area (Å²) in [6, 6.07) is 4.38. The summed E-state index contributed by atoms with van der Waals surface area (Å²) in [7, 11) is 0. The Morgan fingerprint density at radius 2 is 1.88 bits per heavy atom. The summed E-state index contributed by atoms with van der Waals surface area (Å²) in [6.45, 7) is 3.59. The van der Waals surface area contributed by atoms with E-state index in [0.29, 0.717) is 5.92 Å². The molecule has 2 N–H and O–H groups in total. The van der Waals surface area contributed by atoms with Gasteiger partial charge in [0.25, 0.3) is 0 Å². The zero-order valence-electron chi connectivity index (χ0n) is 10.2. The largest absolute Gasteiger partial charge is 0.489 e. The number of ether oxygens (including phenoxy) is 2. The lowest BCUT2D eigenvalue weighted by Crippen LogP contribution is -2.17. The molecule has 2 aliphatic rings. The summed E-state index contributed by atoms with van der Waals surface area (Å²) in [4.78, 5) is 0. The van der Waals surface area contributed by atoms with E-state index in [1.807, 2.05) is 0 Å². The number of hydrogen-bond donors (Lipinski definition) is 1. The molecular formula is C14H19NO2. The molecule has 2 atom stereocenters. The fraction of sp³-hybridized carbons (Fsp3) is 0.571. The summed E-state index contributed by atoms with van der Waals surface area (Å²) in [5, 5.41) is 0. The van der Waals surface area contributed by atoms with E-state index in [2.05, 4.69) is 19.1 Å². The second-order valence-corrected chi connectivity index (χ2v) is 5.22. The van der Waals surface area contributed by atoms with Gasteiger partial charge in [-0.05, 0) is 42.5 Å². The molecule has 0 bridgehead atoms. The van der Waals surface area contributed by atoms with Crippen molar-refractivity contribution in [1.82, 2.24) is 0 Å². The standard InChI is InChI=1S/C14H19NO2/c1-9-7-16-13-5-10-3-2-4-12(15)11(10)6-14(13)17-8-9/h5-6,9,12H,2-4,7-8,15H2,1H3/t9?,12-/m1/s1. The molecular weight excluding hydrogens is 214 g/mol. The molecule has 0 amide bonds. The maximum atomic E-state index is 6.15. The van der Waals surface area contributed by atoms with E-state index < -0.39 is 0 Å². The number of benzene rings is 1. The molecule has 0 saturated heterocycles. The van der Waals surface area contributed by atoms with E-state index in [0.717, 1.165) is 37.6 Å². The van der Waals surface area contributed by atoms with Crippen LogP contribution in [0.3, 0.4) is 0 Å². The zero-order valence-corrected chi connectivity index (χ0v) is 10.2. The highest BCUT2D eigenvalue weighted by molar-refractivity contribution is 5.49. The predicted octanol–water partition coefficient (Wildman–Crippen LogP) is 2.43. The fourth-order valence-electron chi connectivity index (χ4n) is 2.59. The average molecular weight is 233 g/mol. The Kier molecular flexibility index (Phi) is 2.71. The van der Waals surface area contributed by atoms with Crippen LogP contribution in [0.15, 0.2) is 12.1 Å². The third-order valence-electron chi connectivity index (χ3n) is 3.61. The van der Waals surface area contributed by atoms with Gasteiger partial charge in [-0.2, -0.15) is 0 Å². The molecule has 0 radical (unpaired) electrons. The number of aryl methyl sites for hydroxylation is 1. The van der Waals surface area contributed by atoms with Crippen molar-refractivity contribution in [2.75, 3.05) is 13.2 Å². The molecule has 1 unspecified atom stereocenters. The Hall–Kier alpha value is -1.22. The van der Waals surface area contributed by atoms with Gasteiger partial charge in [-0.15, -0.1) is 0 Å². The Labute approximate surface area is 102 Å². The van der Waals surface area contributed by atoms with Crippen LogP contribution in [0.5, 0.6) is 11.5 Å². The number of hydrogen-bond acceptors (Lipinski definition) is 3. The van der Waals surface area contributed by atoms with Crippen molar-refractivity contribution in [3.8, 4) is 11.5 Å². The summed E-state index contributed by atoms with van der Waals surface area (Å²) in [5.74, 6) is 2.20. The first-order valence-corrected chi connectivity index (χ1v) is 6.42. The maximum absolute atomic E-state index is 6.15. The van der Waals surface area contributed by atoms with Crippen molar-refractivity contribution in [3.63, 3.8) is 0 Å². The number of nitrogens with two attached hydrogens (primary N) is 1. The molecule has 3 nitrogen and oxygen atoms in total. The van der Waals surface area contributed by atoms with Crippen LogP contribution in [0.25, 0.3) is 0 Å². The second kappa shape index (κ2) is 4.22. The summed E-state index contributed by atoms with van der Waals surface area (Å²) >= 11 is 0. The van der Waals surface area contributed by atoms with Crippen LogP contribution in [0.2, 0.25) is 0 Å². The van der Waals surface area contributed by atoms with Crippen LogP contribution >= 0.6 is 0 Å². The molecule has 1 aliphatic carbocycles. The molecule has 1 aromatic carbocycles. The van der Waals surface area contributed by atoms with Crippen molar-refractivity contribution in [3.05, 3.63) is 23.3 Å². The van der Waals surface area contributed by atoms with Crippen LogP contribution in [0.4, 0.5) is 0 Å². The normalized spacial score (nSPS) is 27.2. The molecule has 0 fully saturated rings. The van der Waals surface area contributed by atoms with E-state index in [1.165, 1.54) is 17.5 Å². The van der Waals surface area contributed by atoms with Crippen molar-refractivity contribution in [2.24, 2.45) is 11.7 Å². The van der Waals surface area contributed by atoms with E-state index in [4.69, 9.17) is 15.2 Å². The topological polar surface area (TPSA) is 44.5 Å². The lowest BCUT2D eigenvalue weighted by molar-refractivity contribution is 0.228. The van der Waals surface area contributed by atoms with Crippen LogP contribution < -0.4 is 15.2 Å². The first-order valence-electron chi connectivity index (χ1n) is 6.42. The van der Waals surface area contributed by atoms with Gasteiger partial charge in [-0.1, -0.05) is 6.92 Å². The van der Waals surface area contributed by atoms with Crippen molar-refractivity contribution >= 4 is 0 Å². The Balaban J connectivity index is 2.00. The lowest BCUT2D eigenvalue weighted by Gasteiger charge is -2.23. The average Bonchev–Trinajstić information content (AvgIpc) is 2.51. The Morgan fingerprint density at radius 1 is 1.18 bits per heavy atom. The smallest absolute Gasteiger partial charge is 0.161 e. The van der Waals surface area contributed by atoms with Gasteiger partial charge >= 0.3 is 0 Å². The van der Waals surface area contributed by atoms with E-state index in [9.17, 15) is 0 Å². The van der Waals surface area contributed by atoms with Gasteiger partial charge in [0, 0.05) is 12.0 Å². The lowest BCUT2D eigenvalue weighted by atomic mass is 9.88. The summed E-state index contributed by atoms with van der Waals surface area (Å²) in [6.07, 6.45) is 3.35. The van der Waals surface area contributed by atoms with Gasteiger partial charge in [0.15, 0.2) is 11.5 Å². The van der Waals surface area contributed by atoms with Gasteiger partial charge in [-0.25, -0.2) is 0 Å². The molecule has 1 aliphatic heterocycles. The van der Waals surface area contributed by atoms with E-state index in [1.54, 1.807) is 0 Å². The van der Waals surface area contributed by atoms with Crippen LogP contribution in [-0.2, 0) is 6.42 Å². The minimum atomic E-state index is 0.160. The molecule has 17 heavy (non-hydrogen) atoms. The van der Waals surface area contributed by atoms with Crippen molar-refractivity contribution in [1.29, 1.82) is 0 Å². The second-order valence-electron chi connectivity index (χ2n) is 5.22. The van der Waals surface area contributed by atoms with Gasteiger partial charge in [0.2, 0.25) is 0 Å². The van der Waals surface area contributed by atoms with Crippen LogP contribution in [-0.4, -0.2) is 13.2 Å². The zero-order chi connectivity index (χ0) is 11.8. The summed E-state index contributed by atoms with van der Waals surface area (Å²) in [5.41, 5.74) is 8.73. The minimum absolute atomic E-state index is 0.160. The van der Waals surface area contributed by atoms with Gasteiger partial charge in [0.1, 0.15) is 0 Å². The molecule has 1 aromatic rings. The first-order chi connectivity index (χ1) is 8.24. The van der Waals surface area contributed by atoms with E-state index >= 15 is 0 Å².